The van der Waals surface area contributed by atoms with E-state index in [-0.39, 0.29) is 12.6 Å². The maximum atomic E-state index is 11.3. The zero-order chi connectivity index (χ0) is 12.0. The first-order valence-corrected chi connectivity index (χ1v) is 6.01. The number of hydrogen-bond donors (Lipinski definition) is 1. The van der Waals surface area contributed by atoms with E-state index in [2.05, 4.69) is 10.1 Å². The van der Waals surface area contributed by atoms with Crippen molar-refractivity contribution < 1.29 is 14.3 Å². The van der Waals surface area contributed by atoms with Crippen LogP contribution in [0.2, 0.25) is 0 Å². The van der Waals surface area contributed by atoms with E-state index in [1.807, 2.05) is 24.4 Å². The highest BCUT2D eigenvalue weighted by atomic mass is 32.1. The first-order chi connectivity index (χ1) is 7.63. The van der Waals surface area contributed by atoms with Crippen molar-refractivity contribution in [2.24, 2.45) is 0 Å². The predicted molar refractivity (Wildman–Crippen MR) is 62.3 cm³/mol. The molecule has 0 spiro atoms. The van der Waals surface area contributed by atoms with Gasteiger partial charge in [0.25, 0.3) is 0 Å². The summed E-state index contributed by atoms with van der Waals surface area (Å²) >= 11 is 1.63. The van der Waals surface area contributed by atoms with E-state index in [1.54, 1.807) is 18.3 Å². The first kappa shape index (κ1) is 12.7. The fourth-order valence-corrected chi connectivity index (χ4v) is 2.10. The van der Waals surface area contributed by atoms with Gasteiger partial charge in [-0.2, -0.15) is 0 Å². The van der Waals surface area contributed by atoms with Crippen LogP contribution in [-0.4, -0.2) is 24.5 Å². The summed E-state index contributed by atoms with van der Waals surface area (Å²) < 4.78 is 4.59. The van der Waals surface area contributed by atoms with Gasteiger partial charge < -0.3 is 10.1 Å². The Labute approximate surface area is 98.6 Å². The molecule has 1 atom stereocenters. The lowest BCUT2D eigenvalue weighted by atomic mass is 10.2. The van der Waals surface area contributed by atoms with Crippen LogP contribution in [0, 0.1) is 0 Å². The van der Waals surface area contributed by atoms with Gasteiger partial charge in [0, 0.05) is 17.3 Å². The molecule has 0 aliphatic carbocycles. The molecule has 0 fully saturated rings. The maximum absolute atomic E-state index is 11.3. The lowest BCUT2D eigenvalue weighted by Crippen LogP contribution is -2.39. The molecule has 5 heteroatoms. The fraction of sp³-hybridized carbons (Fsp3) is 0.455. The topological polar surface area (TPSA) is 55.4 Å². The Balaban J connectivity index is 2.36. The van der Waals surface area contributed by atoms with Gasteiger partial charge >= 0.3 is 11.9 Å². The Hall–Kier alpha value is -1.36. The molecule has 88 valence electrons. The molecule has 0 bridgehead atoms. The number of rotatable bonds is 4. The minimum absolute atomic E-state index is 0.0736. The Morgan fingerprint density at radius 1 is 1.56 bits per heavy atom. The number of ether oxygens (including phenoxy) is 1. The standard InChI is InChI=1S/C11H15NO3S/c1-3-15-11(14)10(13)12-8(2)7-9-5-4-6-16-9/h4-6,8H,3,7H2,1-2H3,(H,12,13). The van der Waals surface area contributed by atoms with Gasteiger partial charge in [0.05, 0.1) is 6.61 Å². The van der Waals surface area contributed by atoms with Gasteiger partial charge in [-0.15, -0.1) is 11.3 Å². The van der Waals surface area contributed by atoms with E-state index >= 15 is 0 Å². The van der Waals surface area contributed by atoms with Crippen molar-refractivity contribution in [2.75, 3.05) is 6.61 Å². The smallest absolute Gasteiger partial charge is 0.396 e. The zero-order valence-electron chi connectivity index (χ0n) is 9.36. The quantitative estimate of drug-likeness (QED) is 0.639. The molecule has 0 aliphatic rings. The van der Waals surface area contributed by atoms with Crippen LogP contribution < -0.4 is 5.32 Å². The normalized spacial score (nSPS) is 11.9. The predicted octanol–water partition coefficient (Wildman–Crippen LogP) is 1.36. The van der Waals surface area contributed by atoms with Gasteiger partial charge in [-0.25, -0.2) is 4.79 Å². The maximum Gasteiger partial charge on any atom is 0.396 e. The van der Waals surface area contributed by atoms with Crippen molar-refractivity contribution in [3.8, 4) is 0 Å². The lowest BCUT2D eigenvalue weighted by molar-refractivity contribution is -0.154. The Bertz CT molecular complexity index is 348. The van der Waals surface area contributed by atoms with Crippen LogP contribution in [-0.2, 0) is 20.7 Å². The Kier molecular flexibility index (Phi) is 4.98. The second kappa shape index (κ2) is 6.27. The molecule has 1 aromatic heterocycles. The van der Waals surface area contributed by atoms with E-state index in [0.717, 1.165) is 6.42 Å². The highest BCUT2D eigenvalue weighted by Crippen LogP contribution is 2.10. The third-order valence-electron chi connectivity index (χ3n) is 1.93. The van der Waals surface area contributed by atoms with Crippen LogP contribution in [0.25, 0.3) is 0 Å². The largest absolute Gasteiger partial charge is 0.459 e. The average molecular weight is 241 g/mol. The van der Waals surface area contributed by atoms with E-state index in [9.17, 15) is 9.59 Å². The molecule has 1 aromatic rings. The number of carbonyl (C=O) groups is 2. The van der Waals surface area contributed by atoms with Gasteiger partial charge in [0.1, 0.15) is 0 Å². The van der Waals surface area contributed by atoms with Crippen molar-refractivity contribution in [3.63, 3.8) is 0 Å². The Morgan fingerprint density at radius 3 is 2.88 bits per heavy atom. The molecule has 0 saturated heterocycles. The number of amides is 1. The molecule has 4 nitrogen and oxygen atoms in total. The van der Waals surface area contributed by atoms with Crippen LogP contribution in [0.1, 0.15) is 18.7 Å². The van der Waals surface area contributed by atoms with Gasteiger partial charge in [-0.05, 0) is 25.3 Å². The average Bonchev–Trinajstić information content (AvgIpc) is 2.70. The number of hydrogen-bond acceptors (Lipinski definition) is 4. The highest BCUT2D eigenvalue weighted by molar-refractivity contribution is 7.09. The van der Waals surface area contributed by atoms with Gasteiger partial charge in [-0.3, -0.25) is 4.79 Å². The summed E-state index contributed by atoms with van der Waals surface area (Å²) in [6, 6.07) is 3.88. The van der Waals surface area contributed by atoms with Crippen LogP contribution in [0.4, 0.5) is 0 Å². The van der Waals surface area contributed by atoms with E-state index in [0.29, 0.717) is 0 Å². The van der Waals surface area contributed by atoms with Crippen LogP contribution in [0.3, 0.4) is 0 Å². The molecule has 16 heavy (non-hydrogen) atoms. The summed E-state index contributed by atoms with van der Waals surface area (Å²) in [7, 11) is 0. The second-order valence-corrected chi connectivity index (χ2v) is 4.41. The third-order valence-corrected chi connectivity index (χ3v) is 2.82. The Morgan fingerprint density at radius 2 is 2.31 bits per heavy atom. The summed E-state index contributed by atoms with van der Waals surface area (Å²) in [5.74, 6) is -1.49. The van der Waals surface area contributed by atoms with Crippen molar-refractivity contribution in [1.29, 1.82) is 0 Å². The summed E-state index contributed by atoms with van der Waals surface area (Å²) in [5, 5.41) is 4.58. The number of carbonyl (C=O) groups excluding carboxylic acids is 2. The summed E-state index contributed by atoms with van der Waals surface area (Å²) in [6.07, 6.45) is 0.725. The fourth-order valence-electron chi connectivity index (χ4n) is 1.26. The van der Waals surface area contributed by atoms with Crippen molar-refractivity contribution >= 4 is 23.2 Å². The molecule has 1 amide bonds. The second-order valence-electron chi connectivity index (χ2n) is 3.38. The number of thiophene rings is 1. The van der Waals surface area contributed by atoms with Crippen LogP contribution >= 0.6 is 11.3 Å². The van der Waals surface area contributed by atoms with Gasteiger partial charge in [0.15, 0.2) is 0 Å². The van der Waals surface area contributed by atoms with Crippen LogP contribution in [0.5, 0.6) is 0 Å². The number of esters is 1. The molecule has 1 unspecified atom stereocenters. The van der Waals surface area contributed by atoms with E-state index in [1.165, 1.54) is 4.88 Å². The third kappa shape index (κ3) is 4.02. The molecular weight excluding hydrogens is 226 g/mol. The van der Waals surface area contributed by atoms with Crippen LogP contribution in [0.15, 0.2) is 17.5 Å². The molecule has 1 rings (SSSR count). The summed E-state index contributed by atoms with van der Waals surface area (Å²) in [5.41, 5.74) is 0. The zero-order valence-corrected chi connectivity index (χ0v) is 10.2. The molecule has 1 N–H and O–H groups in total. The lowest BCUT2D eigenvalue weighted by Gasteiger charge is -2.11. The molecule has 0 aliphatic heterocycles. The van der Waals surface area contributed by atoms with Crippen molar-refractivity contribution in [1.82, 2.24) is 5.32 Å². The monoisotopic (exact) mass is 241 g/mol. The van der Waals surface area contributed by atoms with E-state index < -0.39 is 11.9 Å². The SMILES string of the molecule is CCOC(=O)C(=O)NC(C)Cc1cccs1. The molecule has 0 radical (unpaired) electrons. The van der Waals surface area contributed by atoms with Gasteiger partial charge in [0.2, 0.25) is 0 Å². The molecule has 0 aromatic carbocycles. The molecule has 1 heterocycles. The van der Waals surface area contributed by atoms with Crippen molar-refractivity contribution in [2.45, 2.75) is 26.3 Å². The molecular formula is C11H15NO3S. The summed E-state index contributed by atoms with van der Waals surface area (Å²) in [4.78, 5) is 23.5. The summed E-state index contributed by atoms with van der Waals surface area (Å²) in [6.45, 7) is 3.74. The minimum Gasteiger partial charge on any atom is -0.459 e. The first-order valence-electron chi connectivity index (χ1n) is 5.13. The highest BCUT2D eigenvalue weighted by Gasteiger charge is 2.17. The molecule has 0 saturated carbocycles. The van der Waals surface area contributed by atoms with E-state index in [4.69, 9.17) is 0 Å². The van der Waals surface area contributed by atoms with Gasteiger partial charge in [-0.1, -0.05) is 6.07 Å². The minimum atomic E-state index is -0.819. The number of nitrogens with one attached hydrogen (secondary N) is 1. The van der Waals surface area contributed by atoms with Crippen molar-refractivity contribution in [3.05, 3.63) is 22.4 Å².